The third-order valence-electron chi connectivity index (χ3n) is 15.4. The number of H-pyrrole nitrogens is 1. The maximum Gasteiger partial charge on any atom is 0.388 e. The quantitative estimate of drug-likeness (QED) is 0.0745. The van der Waals surface area contributed by atoms with Crippen LogP contribution in [0.1, 0.15) is 118 Å². The van der Waals surface area contributed by atoms with Crippen molar-refractivity contribution in [2.75, 3.05) is 31.1 Å². The largest absolute Gasteiger partial charge is 0.485 e. The Kier molecular flexibility index (Phi) is 12.7. The number of ether oxygens (including phenoxy) is 4. The van der Waals surface area contributed by atoms with E-state index in [4.69, 9.17) is 18.9 Å². The monoisotopic (exact) mass is 984 g/mol. The number of likely N-dealkylation sites (tertiary alicyclic amines) is 1. The lowest BCUT2D eigenvalue weighted by Gasteiger charge is -2.56. The van der Waals surface area contributed by atoms with Gasteiger partial charge in [0.2, 0.25) is 5.75 Å². The van der Waals surface area contributed by atoms with Crippen LogP contribution in [0.5, 0.6) is 28.9 Å². The first-order valence-electron chi connectivity index (χ1n) is 24.2. The number of anilines is 1. The molecule has 372 valence electrons. The fraction of sp³-hybridized carbons (Fsp3) is 0.490. The molecule has 10 rings (SSSR count). The van der Waals surface area contributed by atoms with Gasteiger partial charge in [-0.2, -0.15) is 13.8 Å². The van der Waals surface area contributed by atoms with E-state index >= 15 is 0 Å². The second kappa shape index (κ2) is 18.6. The van der Waals surface area contributed by atoms with Crippen LogP contribution in [0.15, 0.2) is 77.8 Å². The van der Waals surface area contributed by atoms with Crippen LogP contribution in [-0.2, 0) is 10.0 Å². The van der Waals surface area contributed by atoms with Crippen LogP contribution in [-0.4, -0.2) is 89.8 Å². The van der Waals surface area contributed by atoms with Crippen molar-refractivity contribution < 1.29 is 51.0 Å². The first kappa shape index (κ1) is 47.6. The number of benzene rings is 3. The van der Waals surface area contributed by atoms with Gasteiger partial charge in [-0.25, -0.2) is 13.1 Å². The molecule has 19 heteroatoms. The standard InChI is InChI=1S/C51H58F2N6O10S/c1-30(2)36-7-4-5-8-37(36)39-9-6-20-58(39)34-27-51(28-34)17-21-57(22-18-51)33-10-11-38(41(24-33)67-43-23-32-14-19-54-46(32)55-48(43)69-49(52)53)47(60)56-70(64,65)35-25-40(59(62)63)45-42(26-35)66-29-44(68-45)31-12-15-50(3,61)16-13-31/h4-5,7-8,10-11,14,19,23-26,30-31,34,39,44,49,61H,6,9,12-13,15-18,20-22,27-29H2,1-3H3,(H,54,55)(H,56,60)/t31-,39-,44-,50-/m0/s1. The Morgan fingerprint density at radius 3 is 2.49 bits per heavy atom. The Morgan fingerprint density at radius 1 is 1.00 bits per heavy atom. The van der Waals surface area contributed by atoms with Gasteiger partial charge in [-0.05, 0) is 130 Å². The van der Waals surface area contributed by atoms with Gasteiger partial charge in [-0.1, -0.05) is 38.1 Å². The highest BCUT2D eigenvalue weighted by atomic mass is 32.2. The Labute approximate surface area is 404 Å². The zero-order valence-electron chi connectivity index (χ0n) is 39.4. The predicted octanol–water partition coefficient (Wildman–Crippen LogP) is 9.77. The number of rotatable bonds is 13. The Balaban J connectivity index is 0.888. The molecule has 3 aromatic carbocycles. The van der Waals surface area contributed by atoms with Crippen molar-refractivity contribution in [1.82, 2.24) is 19.6 Å². The van der Waals surface area contributed by atoms with Gasteiger partial charge in [-0.3, -0.25) is 19.8 Å². The first-order valence-corrected chi connectivity index (χ1v) is 25.7. The van der Waals surface area contributed by atoms with Gasteiger partial charge in [-0.15, -0.1) is 0 Å². The molecule has 0 bridgehead atoms. The number of hydrogen-bond donors (Lipinski definition) is 3. The number of halogens is 2. The number of sulfonamides is 1. The zero-order chi connectivity index (χ0) is 49.1. The van der Waals surface area contributed by atoms with E-state index in [2.05, 4.69) is 57.9 Å². The zero-order valence-corrected chi connectivity index (χ0v) is 40.2. The van der Waals surface area contributed by atoms with Crippen LogP contribution in [0.25, 0.3) is 11.0 Å². The summed E-state index contributed by atoms with van der Waals surface area (Å²) < 4.78 is 80.5. The van der Waals surface area contributed by atoms with E-state index in [9.17, 15) is 37.2 Å². The smallest absolute Gasteiger partial charge is 0.388 e. The van der Waals surface area contributed by atoms with Gasteiger partial charge >= 0.3 is 12.3 Å². The summed E-state index contributed by atoms with van der Waals surface area (Å²) in [7, 11) is -4.83. The van der Waals surface area contributed by atoms with E-state index < -0.39 is 55.6 Å². The minimum Gasteiger partial charge on any atom is -0.485 e. The summed E-state index contributed by atoms with van der Waals surface area (Å²) in [5.41, 5.74) is 2.21. The van der Waals surface area contributed by atoms with Crippen LogP contribution < -0.4 is 28.6 Å². The molecular weight excluding hydrogens is 927 g/mol. The minimum atomic E-state index is -4.83. The second-order valence-corrected chi connectivity index (χ2v) is 22.0. The third kappa shape index (κ3) is 9.46. The Morgan fingerprint density at radius 2 is 1.76 bits per heavy atom. The number of carbonyl (C=O) groups excluding carboxylic acids is 1. The van der Waals surface area contributed by atoms with E-state index in [0.717, 1.165) is 50.8 Å². The predicted molar refractivity (Wildman–Crippen MR) is 256 cm³/mol. The normalized spacial score (nSPS) is 23.7. The number of aromatic nitrogens is 2. The third-order valence-corrected chi connectivity index (χ3v) is 16.7. The fourth-order valence-electron chi connectivity index (χ4n) is 11.5. The number of piperidine rings is 1. The number of amides is 1. The van der Waals surface area contributed by atoms with E-state index in [-0.39, 0.29) is 52.1 Å². The Bertz CT molecular complexity index is 2900. The molecule has 2 saturated carbocycles. The summed E-state index contributed by atoms with van der Waals surface area (Å²) >= 11 is 0. The van der Waals surface area contributed by atoms with Crippen LogP contribution in [0, 0.1) is 21.4 Å². The van der Waals surface area contributed by atoms with Crippen LogP contribution in [0.4, 0.5) is 20.2 Å². The number of aromatic amines is 1. The number of fused-ring (bicyclic) bond motifs is 2. The molecule has 16 nitrogen and oxygen atoms in total. The van der Waals surface area contributed by atoms with Crippen molar-refractivity contribution in [2.45, 2.75) is 126 Å². The van der Waals surface area contributed by atoms with E-state index in [1.165, 1.54) is 29.7 Å². The molecule has 2 atom stereocenters. The number of nitrogens with zero attached hydrogens (tertiary/aromatic N) is 4. The SMILES string of the molecule is CC(C)c1ccccc1[C@@H]1CCCN1C1CC2(CCN(c3ccc(C(=O)NS(=O)(=O)c4cc5c(c([N+](=O)[O-])c4)O[C@H]([C@H]4CC[C@](C)(O)CC4)CO5)c(Oc4cc5cc[nH]c5nc4OC(F)F)c3)CC2)C1. The fourth-order valence-corrected chi connectivity index (χ4v) is 12.5. The summed E-state index contributed by atoms with van der Waals surface area (Å²) in [5.74, 6) is -2.16. The summed E-state index contributed by atoms with van der Waals surface area (Å²) in [6.45, 7) is 5.49. The molecule has 2 saturated heterocycles. The lowest BCUT2D eigenvalue weighted by atomic mass is 9.59. The molecule has 5 aliphatic rings. The molecule has 0 radical (unpaired) electrons. The van der Waals surface area contributed by atoms with Crippen LogP contribution in [0.2, 0.25) is 0 Å². The highest BCUT2D eigenvalue weighted by Gasteiger charge is 2.50. The summed E-state index contributed by atoms with van der Waals surface area (Å²) in [6, 6.07) is 19.4. The average Bonchev–Trinajstić information content (AvgIpc) is 4.00. The number of pyridine rings is 1. The number of aliphatic hydroxyl groups is 1. The van der Waals surface area contributed by atoms with E-state index in [1.807, 2.05) is 4.72 Å². The van der Waals surface area contributed by atoms with Gasteiger partial charge in [0.1, 0.15) is 24.1 Å². The van der Waals surface area contributed by atoms with Crippen molar-refractivity contribution in [2.24, 2.45) is 11.3 Å². The number of nitrogens with one attached hydrogen (secondary N) is 2. The molecule has 3 N–H and O–H groups in total. The van der Waals surface area contributed by atoms with E-state index in [1.54, 1.807) is 31.3 Å². The maximum atomic E-state index is 14.2. The van der Waals surface area contributed by atoms with Crippen molar-refractivity contribution in [1.29, 1.82) is 0 Å². The molecule has 2 aliphatic carbocycles. The summed E-state index contributed by atoms with van der Waals surface area (Å²) in [5, 5.41) is 23.3. The number of hydrogen-bond acceptors (Lipinski definition) is 13. The van der Waals surface area contributed by atoms with Gasteiger partial charge in [0.05, 0.1) is 21.0 Å². The Hall–Kier alpha value is -6.05. The molecule has 4 fully saturated rings. The average molecular weight is 985 g/mol. The van der Waals surface area contributed by atoms with Gasteiger partial charge in [0.25, 0.3) is 21.8 Å². The number of carbonyl (C=O) groups is 1. The van der Waals surface area contributed by atoms with Crippen molar-refractivity contribution >= 4 is 38.3 Å². The highest BCUT2D eigenvalue weighted by Crippen LogP contribution is 2.55. The number of nitro groups is 1. The number of nitro benzene ring substituents is 1. The molecule has 5 heterocycles. The lowest BCUT2D eigenvalue weighted by molar-refractivity contribution is -0.386. The minimum absolute atomic E-state index is 0.00784. The second-order valence-electron chi connectivity index (χ2n) is 20.4. The molecule has 2 aromatic heterocycles. The maximum absolute atomic E-state index is 14.2. The van der Waals surface area contributed by atoms with Crippen molar-refractivity contribution in [3.8, 4) is 28.9 Å². The lowest BCUT2D eigenvalue weighted by Crippen LogP contribution is -2.54. The van der Waals surface area contributed by atoms with E-state index in [0.29, 0.717) is 67.8 Å². The highest BCUT2D eigenvalue weighted by molar-refractivity contribution is 7.90. The molecule has 3 aliphatic heterocycles. The molecule has 0 unspecified atom stereocenters. The van der Waals surface area contributed by atoms with Gasteiger partial charge in [0, 0.05) is 60.6 Å². The van der Waals surface area contributed by atoms with Gasteiger partial charge < -0.3 is 33.9 Å². The molecule has 70 heavy (non-hydrogen) atoms. The number of alkyl halides is 2. The topological polar surface area (TPSA) is 199 Å². The summed E-state index contributed by atoms with van der Waals surface area (Å²) in [6.07, 6.45) is 9.71. The van der Waals surface area contributed by atoms with Gasteiger partial charge in [0.15, 0.2) is 11.5 Å². The van der Waals surface area contributed by atoms with Crippen LogP contribution in [0.3, 0.4) is 0 Å². The first-order chi connectivity index (χ1) is 33.4. The van der Waals surface area contributed by atoms with Crippen molar-refractivity contribution in [3.63, 3.8) is 0 Å². The molecule has 1 amide bonds. The van der Waals surface area contributed by atoms with Crippen LogP contribution >= 0.6 is 0 Å². The molecular formula is C51H58F2N6O10S. The summed E-state index contributed by atoms with van der Waals surface area (Å²) in [4.78, 5) is 37.1. The van der Waals surface area contributed by atoms with Crippen molar-refractivity contribution in [3.05, 3.63) is 99.7 Å². The molecule has 1 spiro atoms. The molecule has 5 aromatic rings.